The van der Waals surface area contributed by atoms with Crippen molar-refractivity contribution < 1.29 is 19.1 Å². The maximum absolute atomic E-state index is 13.4. The molecule has 0 aliphatic carbocycles. The lowest BCUT2D eigenvalue weighted by Gasteiger charge is -2.34. The summed E-state index contributed by atoms with van der Waals surface area (Å²) in [5.74, 6) is 0.378. The predicted molar refractivity (Wildman–Crippen MR) is 128 cm³/mol. The molecule has 0 saturated carbocycles. The Balaban J connectivity index is 1.61. The van der Waals surface area contributed by atoms with E-state index in [1.54, 1.807) is 60.2 Å². The Kier molecular flexibility index (Phi) is 7.14. The van der Waals surface area contributed by atoms with E-state index >= 15 is 0 Å². The number of fused-ring (bicyclic) bond motifs is 1. The molecule has 1 aliphatic rings. The van der Waals surface area contributed by atoms with E-state index in [1.807, 2.05) is 0 Å². The average Bonchev–Trinajstić information content (AvgIpc) is 2.89. The number of nitrogens with zero attached hydrogens (tertiary/aromatic N) is 5. The number of pyridine rings is 1. The molecule has 4 rings (SSSR count). The van der Waals surface area contributed by atoms with Gasteiger partial charge in [0.05, 0.1) is 25.8 Å². The number of amides is 2. The van der Waals surface area contributed by atoms with Crippen LogP contribution in [-0.4, -0.2) is 75.8 Å². The first kappa shape index (κ1) is 24.0. The van der Waals surface area contributed by atoms with E-state index in [2.05, 4.69) is 4.98 Å². The monoisotopic (exact) mass is 481 g/mol. The summed E-state index contributed by atoms with van der Waals surface area (Å²) in [6.07, 6.45) is 1.07. The van der Waals surface area contributed by atoms with Crippen LogP contribution in [0.1, 0.15) is 12.5 Å². The van der Waals surface area contributed by atoms with Gasteiger partial charge in [0.2, 0.25) is 5.91 Å². The molecule has 0 atom stereocenters. The summed E-state index contributed by atoms with van der Waals surface area (Å²) in [4.78, 5) is 58.8. The van der Waals surface area contributed by atoms with Gasteiger partial charge in [0, 0.05) is 32.4 Å². The summed E-state index contributed by atoms with van der Waals surface area (Å²) in [5, 5.41) is 0. The first-order valence-corrected chi connectivity index (χ1v) is 11.3. The Hall–Kier alpha value is -4.15. The van der Waals surface area contributed by atoms with Crippen molar-refractivity contribution in [3.8, 4) is 5.75 Å². The third-order valence-corrected chi connectivity index (χ3v) is 5.94. The van der Waals surface area contributed by atoms with Crippen molar-refractivity contribution in [1.29, 1.82) is 0 Å². The molecule has 0 radical (unpaired) electrons. The van der Waals surface area contributed by atoms with E-state index in [0.29, 0.717) is 37.4 Å². The van der Waals surface area contributed by atoms with Crippen LogP contribution in [0.25, 0.3) is 11.0 Å². The predicted octanol–water partition coefficient (Wildman–Crippen LogP) is 0.916. The van der Waals surface area contributed by atoms with Crippen LogP contribution in [0.2, 0.25) is 0 Å². The van der Waals surface area contributed by atoms with Crippen LogP contribution >= 0.6 is 0 Å². The van der Waals surface area contributed by atoms with E-state index in [1.165, 1.54) is 10.8 Å². The third-order valence-electron chi connectivity index (χ3n) is 5.94. The lowest BCUT2D eigenvalue weighted by atomic mass is 10.2. The van der Waals surface area contributed by atoms with Crippen molar-refractivity contribution in [1.82, 2.24) is 23.9 Å². The maximum atomic E-state index is 13.4. The molecule has 1 aromatic carbocycles. The number of hydrogen-bond acceptors (Lipinski definition) is 7. The molecule has 11 heteroatoms. The van der Waals surface area contributed by atoms with Crippen molar-refractivity contribution in [3.63, 3.8) is 0 Å². The molecular weight excluding hydrogens is 454 g/mol. The number of ether oxygens (including phenoxy) is 2. The van der Waals surface area contributed by atoms with Gasteiger partial charge in [0.25, 0.3) is 5.56 Å². The highest BCUT2D eigenvalue weighted by Gasteiger charge is 2.26. The van der Waals surface area contributed by atoms with Crippen molar-refractivity contribution in [3.05, 3.63) is 69.0 Å². The molecule has 1 aliphatic heterocycles. The van der Waals surface area contributed by atoms with Crippen molar-refractivity contribution in [2.24, 2.45) is 0 Å². The molecule has 184 valence electrons. The summed E-state index contributed by atoms with van der Waals surface area (Å²) in [6, 6.07) is 10.3. The Bertz CT molecular complexity index is 1340. The first-order valence-electron chi connectivity index (χ1n) is 11.3. The topological polar surface area (TPSA) is 116 Å². The molecule has 0 spiro atoms. The van der Waals surface area contributed by atoms with Crippen LogP contribution < -0.4 is 16.0 Å². The largest absolute Gasteiger partial charge is 0.497 e. The smallest absolute Gasteiger partial charge is 0.409 e. The lowest BCUT2D eigenvalue weighted by molar-refractivity contribution is -0.133. The molecule has 0 bridgehead atoms. The van der Waals surface area contributed by atoms with E-state index < -0.39 is 17.3 Å². The summed E-state index contributed by atoms with van der Waals surface area (Å²) in [6.45, 7) is 3.15. The second-order valence-electron chi connectivity index (χ2n) is 8.05. The number of rotatable bonds is 6. The second-order valence-corrected chi connectivity index (χ2v) is 8.05. The molecule has 3 heterocycles. The average molecular weight is 482 g/mol. The molecule has 1 saturated heterocycles. The Morgan fingerprint density at radius 2 is 1.66 bits per heavy atom. The van der Waals surface area contributed by atoms with Crippen LogP contribution in [0, 0.1) is 0 Å². The van der Waals surface area contributed by atoms with Gasteiger partial charge in [0.15, 0.2) is 5.52 Å². The number of piperazine rings is 1. The molecule has 3 aromatic rings. The van der Waals surface area contributed by atoms with Crippen LogP contribution in [0.5, 0.6) is 5.75 Å². The highest BCUT2D eigenvalue weighted by atomic mass is 16.6. The van der Waals surface area contributed by atoms with Gasteiger partial charge in [0.1, 0.15) is 12.3 Å². The van der Waals surface area contributed by atoms with Gasteiger partial charge in [-0.15, -0.1) is 0 Å². The minimum absolute atomic E-state index is 0.0284. The van der Waals surface area contributed by atoms with Gasteiger partial charge in [-0.3, -0.25) is 18.7 Å². The minimum atomic E-state index is -0.593. The molecule has 0 unspecified atom stereocenters. The molecule has 35 heavy (non-hydrogen) atoms. The molecule has 1 fully saturated rings. The number of carbonyl (C=O) groups is 2. The second kappa shape index (κ2) is 10.4. The summed E-state index contributed by atoms with van der Waals surface area (Å²) in [7, 11) is 1.56. The summed E-state index contributed by atoms with van der Waals surface area (Å²) in [5.41, 5.74) is 0.0266. The lowest BCUT2D eigenvalue weighted by Crippen LogP contribution is -2.52. The fourth-order valence-corrected chi connectivity index (χ4v) is 4.04. The zero-order valence-corrected chi connectivity index (χ0v) is 19.7. The van der Waals surface area contributed by atoms with Crippen molar-refractivity contribution in [2.75, 3.05) is 39.9 Å². The van der Waals surface area contributed by atoms with Gasteiger partial charge >= 0.3 is 11.8 Å². The summed E-state index contributed by atoms with van der Waals surface area (Å²) >= 11 is 0. The standard InChI is InChI=1S/C24H27N5O6/c1-3-35-24(33)27-13-11-26(12-14-27)20(30)16-28-19-5-4-10-25-21(19)22(31)29(23(28)32)15-17-6-8-18(34-2)9-7-17/h4-10H,3,11-16H2,1-2H3. The highest BCUT2D eigenvalue weighted by Crippen LogP contribution is 2.13. The Morgan fingerprint density at radius 1 is 0.971 bits per heavy atom. The molecule has 0 N–H and O–H groups in total. The Labute approximate surface area is 201 Å². The Morgan fingerprint density at radius 3 is 2.31 bits per heavy atom. The summed E-state index contributed by atoms with van der Waals surface area (Å²) < 4.78 is 12.5. The zero-order valence-electron chi connectivity index (χ0n) is 19.7. The molecular formula is C24H27N5O6. The van der Waals surface area contributed by atoms with Gasteiger partial charge < -0.3 is 19.3 Å². The maximum Gasteiger partial charge on any atom is 0.409 e. The molecule has 11 nitrogen and oxygen atoms in total. The third kappa shape index (κ3) is 5.03. The molecule has 2 amide bonds. The van der Waals surface area contributed by atoms with Crippen LogP contribution in [0.3, 0.4) is 0 Å². The number of carbonyl (C=O) groups excluding carboxylic acids is 2. The quantitative estimate of drug-likeness (QED) is 0.514. The molecule has 2 aromatic heterocycles. The minimum Gasteiger partial charge on any atom is -0.497 e. The number of methoxy groups -OCH3 is 1. The van der Waals surface area contributed by atoms with Gasteiger partial charge in [-0.2, -0.15) is 0 Å². The van der Waals surface area contributed by atoms with Crippen molar-refractivity contribution >= 4 is 23.0 Å². The van der Waals surface area contributed by atoms with Crippen molar-refractivity contribution in [2.45, 2.75) is 20.0 Å². The zero-order chi connectivity index (χ0) is 24.9. The number of hydrogen-bond donors (Lipinski definition) is 0. The van der Waals surface area contributed by atoms with Crippen LogP contribution in [-0.2, 0) is 22.6 Å². The number of benzene rings is 1. The fourth-order valence-electron chi connectivity index (χ4n) is 4.04. The number of aromatic nitrogens is 3. The normalized spacial score (nSPS) is 13.7. The SMILES string of the molecule is CCOC(=O)N1CCN(C(=O)Cn2c(=O)n(Cc3ccc(OC)cc3)c(=O)c3ncccc32)CC1. The van der Waals surface area contributed by atoms with Crippen LogP contribution in [0.15, 0.2) is 52.2 Å². The van der Waals surface area contributed by atoms with Gasteiger partial charge in [-0.05, 0) is 36.8 Å². The van der Waals surface area contributed by atoms with E-state index in [4.69, 9.17) is 9.47 Å². The van der Waals surface area contributed by atoms with E-state index in [-0.39, 0.29) is 31.1 Å². The van der Waals surface area contributed by atoms with Crippen LogP contribution in [0.4, 0.5) is 4.79 Å². The van der Waals surface area contributed by atoms with Gasteiger partial charge in [-0.1, -0.05) is 12.1 Å². The van der Waals surface area contributed by atoms with E-state index in [9.17, 15) is 19.2 Å². The first-order chi connectivity index (χ1) is 16.9. The highest BCUT2D eigenvalue weighted by molar-refractivity contribution is 5.80. The van der Waals surface area contributed by atoms with E-state index in [0.717, 1.165) is 10.1 Å². The van der Waals surface area contributed by atoms with Gasteiger partial charge in [-0.25, -0.2) is 14.6 Å². The fraction of sp³-hybridized carbons (Fsp3) is 0.375.